The third kappa shape index (κ3) is 1.56. The minimum Gasteiger partial charge on any atom is -0.353 e. The van der Waals surface area contributed by atoms with E-state index in [1.165, 1.54) is 0 Å². The van der Waals surface area contributed by atoms with Crippen LogP contribution in [0.5, 0.6) is 0 Å². The molecule has 1 aliphatic rings. The van der Waals surface area contributed by atoms with E-state index in [0.29, 0.717) is 12.5 Å². The Hall–Kier alpha value is -0.790. The Balaban J connectivity index is 2.29. The van der Waals surface area contributed by atoms with Crippen LogP contribution in [0.3, 0.4) is 0 Å². The molecule has 1 saturated heterocycles. The van der Waals surface area contributed by atoms with Crippen molar-refractivity contribution in [3.8, 4) is 0 Å². The van der Waals surface area contributed by atoms with E-state index in [4.69, 9.17) is 0 Å². The molecule has 1 atom stereocenters. The number of carbonyl (C=O) groups is 1. The van der Waals surface area contributed by atoms with Crippen molar-refractivity contribution in [1.82, 2.24) is 5.32 Å². The minimum atomic E-state index is 0.182. The van der Waals surface area contributed by atoms with E-state index in [0.717, 1.165) is 12.8 Å². The molecule has 1 rings (SSSR count). The summed E-state index contributed by atoms with van der Waals surface area (Å²) < 4.78 is 0. The summed E-state index contributed by atoms with van der Waals surface area (Å²) in [6.45, 7) is 3.60. The first-order chi connectivity index (χ1) is 4.33. The lowest BCUT2D eigenvalue weighted by atomic mass is 10.2. The fraction of sp³-hybridized carbons (Fsp3) is 0.571. The van der Waals surface area contributed by atoms with Gasteiger partial charge in [-0.1, -0.05) is 6.08 Å². The van der Waals surface area contributed by atoms with Gasteiger partial charge in [0.15, 0.2) is 0 Å². The van der Waals surface area contributed by atoms with Crippen LogP contribution in [0, 0.1) is 0 Å². The van der Waals surface area contributed by atoms with Gasteiger partial charge in [-0.3, -0.25) is 4.79 Å². The first kappa shape index (κ1) is 6.33. The summed E-state index contributed by atoms with van der Waals surface area (Å²) in [5, 5.41) is 2.84. The van der Waals surface area contributed by atoms with Crippen molar-refractivity contribution in [2.45, 2.75) is 25.3 Å². The van der Waals surface area contributed by atoms with Gasteiger partial charge in [0.05, 0.1) is 0 Å². The van der Waals surface area contributed by atoms with E-state index in [9.17, 15) is 4.79 Å². The fourth-order valence-corrected chi connectivity index (χ4v) is 1.06. The van der Waals surface area contributed by atoms with E-state index in [-0.39, 0.29) is 5.91 Å². The Labute approximate surface area is 54.9 Å². The largest absolute Gasteiger partial charge is 0.353 e. The quantitative estimate of drug-likeness (QED) is 0.544. The zero-order chi connectivity index (χ0) is 6.69. The van der Waals surface area contributed by atoms with Crippen molar-refractivity contribution >= 4 is 5.91 Å². The van der Waals surface area contributed by atoms with Gasteiger partial charge in [0.1, 0.15) is 0 Å². The number of hydrogen-bond donors (Lipinski definition) is 1. The Morgan fingerprint density at radius 1 is 1.89 bits per heavy atom. The van der Waals surface area contributed by atoms with Gasteiger partial charge in [-0.15, -0.1) is 6.58 Å². The molecule has 0 aromatic heterocycles. The number of nitrogens with one attached hydrogen (secondary N) is 1. The minimum absolute atomic E-state index is 0.182. The molecular weight excluding hydrogens is 114 g/mol. The van der Waals surface area contributed by atoms with Crippen LogP contribution in [0.4, 0.5) is 0 Å². The van der Waals surface area contributed by atoms with Crippen molar-refractivity contribution in [2.24, 2.45) is 0 Å². The molecular formula is C7H11NO. The van der Waals surface area contributed by atoms with Crippen molar-refractivity contribution < 1.29 is 4.79 Å². The van der Waals surface area contributed by atoms with E-state index in [1.807, 2.05) is 6.08 Å². The number of hydrogen-bond acceptors (Lipinski definition) is 1. The molecule has 1 amide bonds. The van der Waals surface area contributed by atoms with Gasteiger partial charge in [-0.2, -0.15) is 0 Å². The Morgan fingerprint density at radius 2 is 2.67 bits per heavy atom. The molecule has 0 saturated carbocycles. The molecule has 0 aromatic carbocycles. The van der Waals surface area contributed by atoms with Gasteiger partial charge >= 0.3 is 0 Å². The molecule has 2 heteroatoms. The van der Waals surface area contributed by atoms with Gasteiger partial charge in [0.25, 0.3) is 0 Å². The summed E-state index contributed by atoms with van der Waals surface area (Å²) in [7, 11) is 0. The van der Waals surface area contributed by atoms with Crippen LogP contribution in [0.1, 0.15) is 19.3 Å². The lowest BCUT2D eigenvalue weighted by molar-refractivity contribution is -0.119. The van der Waals surface area contributed by atoms with E-state index in [1.54, 1.807) is 0 Å². The zero-order valence-corrected chi connectivity index (χ0v) is 5.39. The molecule has 0 bridgehead atoms. The standard InChI is InChI=1S/C7H11NO/c1-2-3-6-4-5-7(9)8-6/h2,6H,1,3-5H2,(H,8,9)/t6-/m1/s1. The monoisotopic (exact) mass is 125 g/mol. The number of carbonyl (C=O) groups excluding carboxylic acids is 1. The summed E-state index contributed by atoms with van der Waals surface area (Å²) in [6.07, 6.45) is 4.42. The van der Waals surface area contributed by atoms with Gasteiger partial charge in [0, 0.05) is 12.5 Å². The molecule has 0 spiro atoms. The zero-order valence-electron chi connectivity index (χ0n) is 5.39. The Bertz CT molecular complexity index is 131. The highest BCUT2D eigenvalue weighted by atomic mass is 16.1. The van der Waals surface area contributed by atoms with Crippen LogP contribution in [0.15, 0.2) is 12.7 Å². The lowest BCUT2D eigenvalue weighted by Crippen LogP contribution is -2.24. The highest BCUT2D eigenvalue weighted by molar-refractivity contribution is 5.78. The van der Waals surface area contributed by atoms with Crippen LogP contribution in [0.2, 0.25) is 0 Å². The summed E-state index contributed by atoms with van der Waals surface area (Å²) in [4.78, 5) is 10.6. The maximum absolute atomic E-state index is 10.6. The molecule has 1 aliphatic heterocycles. The van der Waals surface area contributed by atoms with Gasteiger partial charge in [0.2, 0.25) is 5.91 Å². The van der Waals surface area contributed by atoms with Gasteiger partial charge < -0.3 is 5.32 Å². The third-order valence-electron chi connectivity index (χ3n) is 1.54. The summed E-state index contributed by atoms with van der Waals surface area (Å²) in [5.74, 6) is 0.182. The first-order valence-corrected chi connectivity index (χ1v) is 3.23. The average Bonchev–Trinajstić information content (AvgIpc) is 2.17. The van der Waals surface area contributed by atoms with Crippen molar-refractivity contribution in [3.63, 3.8) is 0 Å². The summed E-state index contributed by atoms with van der Waals surface area (Å²) in [6, 6.07) is 0.370. The molecule has 1 fully saturated rings. The second-order valence-corrected chi connectivity index (χ2v) is 2.33. The molecule has 1 N–H and O–H groups in total. The summed E-state index contributed by atoms with van der Waals surface area (Å²) in [5.41, 5.74) is 0. The molecule has 0 radical (unpaired) electrons. The number of rotatable bonds is 2. The highest BCUT2D eigenvalue weighted by Gasteiger charge is 2.18. The molecule has 9 heavy (non-hydrogen) atoms. The first-order valence-electron chi connectivity index (χ1n) is 3.23. The highest BCUT2D eigenvalue weighted by Crippen LogP contribution is 2.09. The molecule has 50 valence electrons. The smallest absolute Gasteiger partial charge is 0.220 e. The molecule has 1 heterocycles. The Morgan fingerprint density at radius 3 is 3.11 bits per heavy atom. The van der Waals surface area contributed by atoms with E-state index < -0.39 is 0 Å². The van der Waals surface area contributed by atoms with Crippen molar-refractivity contribution in [1.29, 1.82) is 0 Å². The molecule has 0 aliphatic carbocycles. The topological polar surface area (TPSA) is 29.1 Å². The molecule has 0 aromatic rings. The Kier molecular flexibility index (Phi) is 1.88. The second-order valence-electron chi connectivity index (χ2n) is 2.33. The fourth-order valence-electron chi connectivity index (χ4n) is 1.06. The van der Waals surface area contributed by atoms with Crippen LogP contribution >= 0.6 is 0 Å². The predicted octanol–water partition coefficient (Wildman–Crippen LogP) is 0.841. The van der Waals surface area contributed by atoms with Gasteiger partial charge in [-0.05, 0) is 12.8 Å². The maximum Gasteiger partial charge on any atom is 0.220 e. The van der Waals surface area contributed by atoms with Crippen molar-refractivity contribution in [3.05, 3.63) is 12.7 Å². The molecule has 2 nitrogen and oxygen atoms in total. The van der Waals surface area contributed by atoms with E-state index >= 15 is 0 Å². The lowest BCUT2D eigenvalue weighted by Gasteiger charge is -2.03. The third-order valence-corrected chi connectivity index (χ3v) is 1.54. The van der Waals surface area contributed by atoms with E-state index in [2.05, 4.69) is 11.9 Å². The molecule has 0 unspecified atom stereocenters. The van der Waals surface area contributed by atoms with Crippen LogP contribution < -0.4 is 5.32 Å². The van der Waals surface area contributed by atoms with Crippen LogP contribution in [-0.4, -0.2) is 11.9 Å². The SMILES string of the molecule is C=CC[C@@H]1CCC(=O)N1. The van der Waals surface area contributed by atoms with Crippen LogP contribution in [-0.2, 0) is 4.79 Å². The maximum atomic E-state index is 10.6. The predicted molar refractivity (Wildman–Crippen MR) is 36.0 cm³/mol. The number of amides is 1. The second kappa shape index (κ2) is 2.67. The average molecular weight is 125 g/mol. The summed E-state index contributed by atoms with van der Waals surface area (Å²) >= 11 is 0. The van der Waals surface area contributed by atoms with Crippen molar-refractivity contribution in [2.75, 3.05) is 0 Å². The normalized spacial score (nSPS) is 25.8. The van der Waals surface area contributed by atoms with Gasteiger partial charge in [-0.25, -0.2) is 0 Å². The van der Waals surface area contributed by atoms with Crippen LogP contribution in [0.25, 0.3) is 0 Å².